The Kier molecular flexibility index (Phi) is 3.62. The maximum absolute atomic E-state index is 13.6. The summed E-state index contributed by atoms with van der Waals surface area (Å²) in [6.07, 6.45) is 0. The molecule has 2 rings (SSSR count). The second-order valence-electron chi connectivity index (χ2n) is 3.87. The van der Waals surface area contributed by atoms with Gasteiger partial charge in [0.05, 0.1) is 10.6 Å². The van der Waals surface area contributed by atoms with Crippen LogP contribution in [0.4, 0.5) is 21.6 Å². The van der Waals surface area contributed by atoms with Crippen molar-refractivity contribution >= 4 is 28.8 Å². The number of pyridine rings is 1. The van der Waals surface area contributed by atoms with E-state index in [9.17, 15) is 14.5 Å². The minimum Gasteiger partial charge on any atom is -0.332 e. The molecule has 7 heteroatoms. The van der Waals surface area contributed by atoms with Gasteiger partial charge < -0.3 is 5.32 Å². The van der Waals surface area contributed by atoms with Gasteiger partial charge in [-0.2, -0.15) is 0 Å². The molecule has 0 aliphatic carbocycles. The topological polar surface area (TPSA) is 68.1 Å². The molecule has 0 saturated heterocycles. The van der Waals surface area contributed by atoms with Crippen molar-refractivity contribution in [1.82, 2.24) is 4.98 Å². The standard InChI is InChI=1S/C12H9ClFN3O2/c1-7-2-3-8(14)9(6-7)15-12-10(17(18)19)4-5-11(13)16-12/h2-6H,1H3,(H,15,16). The van der Waals surface area contributed by atoms with Crippen molar-refractivity contribution in [3.63, 3.8) is 0 Å². The number of hydrogen-bond donors (Lipinski definition) is 1. The summed E-state index contributed by atoms with van der Waals surface area (Å²) in [4.78, 5) is 14.1. The first-order chi connectivity index (χ1) is 8.97. The summed E-state index contributed by atoms with van der Waals surface area (Å²) in [7, 11) is 0. The summed E-state index contributed by atoms with van der Waals surface area (Å²) >= 11 is 5.69. The van der Waals surface area contributed by atoms with Gasteiger partial charge in [-0.25, -0.2) is 9.37 Å². The Morgan fingerprint density at radius 1 is 1.37 bits per heavy atom. The van der Waals surface area contributed by atoms with Gasteiger partial charge in [0, 0.05) is 6.07 Å². The van der Waals surface area contributed by atoms with E-state index in [1.165, 1.54) is 24.3 Å². The molecule has 1 N–H and O–H groups in total. The number of rotatable bonds is 3. The summed E-state index contributed by atoms with van der Waals surface area (Å²) in [6.45, 7) is 1.78. The monoisotopic (exact) mass is 281 g/mol. The van der Waals surface area contributed by atoms with Crippen molar-refractivity contribution in [3.05, 3.63) is 57.0 Å². The number of anilines is 2. The van der Waals surface area contributed by atoms with Crippen molar-refractivity contribution in [2.24, 2.45) is 0 Å². The second-order valence-corrected chi connectivity index (χ2v) is 4.25. The van der Waals surface area contributed by atoms with Crippen LogP contribution in [-0.2, 0) is 0 Å². The van der Waals surface area contributed by atoms with Gasteiger partial charge in [-0.3, -0.25) is 10.1 Å². The van der Waals surface area contributed by atoms with Crippen molar-refractivity contribution in [3.8, 4) is 0 Å². The van der Waals surface area contributed by atoms with Gasteiger partial charge in [-0.15, -0.1) is 0 Å². The van der Waals surface area contributed by atoms with Crippen LogP contribution >= 0.6 is 11.6 Å². The van der Waals surface area contributed by atoms with Crippen LogP contribution in [0.2, 0.25) is 5.15 Å². The highest BCUT2D eigenvalue weighted by Crippen LogP contribution is 2.28. The first kappa shape index (κ1) is 13.2. The number of aromatic nitrogens is 1. The maximum atomic E-state index is 13.6. The lowest BCUT2D eigenvalue weighted by Gasteiger charge is -2.08. The van der Waals surface area contributed by atoms with Crippen molar-refractivity contribution < 1.29 is 9.31 Å². The van der Waals surface area contributed by atoms with E-state index in [2.05, 4.69) is 10.3 Å². The van der Waals surface area contributed by atoms with Crippen molar-refractivity contribution in [2.75, 3.05) is 5.32 Å². The Hall–Kier alpha value is -2.21. The fourth-order valence-corrected chi connectivity index (χ4v) is 1.68. The molecule has 0 unspecified atom stereocenters. The molecular weight excluding hydrogens is 273 g/mol. The third kappa shape index (κ3) is 2.97. The van der Waals surface area contributed by atoms with Gasteiger partial charge in [0.25, 0.3) is 0 Å². The van der Waals surface area contributed by atoms with Gasteiger partial charge in [0.2, 0.25) is 5.82 Å². The molecule has 0 spiro atoms. The number of nitrogens with one attached hydrogen (secondary N) is 1. The summed E-state index contributed by atoms with van der Waals surface area (Å²) in [6, 6.07) is 6.92. The summed E-state index contributed by atoms with van der Waals surface area (Å²) < 4.78 is 13.6. The van der Waals surface area contributed by atoms with Crippen molar-refractivity contribution in [1.29, 1.82) is 0 Å². The fraction of sp³-hybridized carbons (Fsp3) is 0.0833. The molecule has 1 heterocycles. The first-order valence-corrected chi connectivity index (χ1v) is 5.69. The van der Waals surface area contributed by atoms with Crippen LogP contribution in [0.5, 0.6) is 0 Å². The van der Waals surface area contributed by atoms with Crippen LogP contribution in [0.25, 0.3) is 0 Å². The minimum atomic E-state index is -0.612. The molecule has 1 aromatic carbocycles. The minimum absolute atomic E-state index is 0.0844. The van der Waals surface area contributed by atoms with Gasteiger partial charge >= 0.3 is 5.69 Å². The number of halogens is 2. The van der Waals surface area contributed by atoms with E-state index >= 15 is 0 Å². The summed E-state index contributed by atoms with van der Waals surface area (Å²) in [5.41, 5.74) is 0.650. The SMILES string of the molecule is Cc1ccc(F)c(Nc2nc(Cl)ccc2[N+](=O)[O-])c1. The molecule has 19 heavy (non-hydrogen) atoms. The Balaban J connectivity index is 2.45. The predicted octanol–water partition coefficient (Wildman–Crippen LogP) is 3.83. The lowest BCUT2D eigenvalue weighted by molar-refractivity contribution is -0.384. The molecule has 0 fully saturated rings. The Bertz CT molecular complexity index is 649. The summed E-state index contributed by atoms with van der Waals surface area (Å²) in [5, 5.41) is 13.5. The molecule has 0 amide bonds. The van der Waals surface area contributed by atoms with E-state index in [0.29, 0.717) is 0 Å². The third-order valence-electron chi connectivity index (χ3n) is 2.41. The smallest absolute Gasteiger partial charge is 0.311 e. The van der Waals surface area contributed by atoms with E-state index < -0.39 is 10.7 Å². The Morgan fingerprint density at radius 3 is 2.79 bits per heavy atom. The highest BCUT2D eigenvalue weighted by atomic mass is 35.5. The highest BCUT2D eigenvalue weighted by molar-refractivity contribution is 6.29. The second kappa shape index (κ2) is 5.19. The number of benzene rings is 1. The average Bonchev–Trinajstić information content (AvgIpc) is 2.33. The van der Waals surface area contributed by atoms with E-state index in [4.69, 9.17) is 11.6 Å². The zero-order valence-corrected chi connectivity index (χ0v) is 10.6. The Morgan fingerprint density at radius 2 is 2.11 bits per heavy atom. The quantitative estimate of drug-likeness (QED) is 0.527. The van der Waals surface area contributed by atoms with Gasteiger partial charge in [-0.05, 0) is 30.7 Å². The third-order valence-corrected chi connectivity index (χ3v) is 2.62. The van der Waals surface area contributed by atoms with E-state index in [1.54, 1.807) is 13.0 Å². The van der Waals surface area contributed by atoms with Crippen LogP contribution in [0.15, 0.2) is 30.3 Å². The molecule has 0 aliphatic heterocycles. The average molecular weight is 282 g/mol. The normalized spacial score (nSPS) is 10.3. The zero-order valence-electron chi connectivity index (χ0n) is 9.85. The van der Waals surface area contributed by atoms with Crippen molar-refractivity contribution in [2.45, 2.75) is 6.92 Å². The first-order valence-electron chi connectivity index (χ1n) is 5.31. The van der Waals surface area contributed by atoms with Crippen LogP contribution in [0.1, 0.15) is 5.56 Å². The molecule has 98 valence electrons. The van der Waals surface area contributed by atoms with E-state index in [1.807, 2.05) is 0 Å². The van der Waals surface area contributed by atoms with E-state index in [0.717, 1.165) is 5.56 Å². The summed E-state index contributed by atoms with van der Waals surface area (Å²) in [5.74, 6) is -0.622. The zero-order chi connectivity index (χ0) is 14.0. The number of nitro groups is 1. The largest absolute Gasteiger partial charge is 0.332 e. The molecule has 0 saturated carbocycles. The van der Waals surface area contributed by atoms with Crippen LogP contribution in [-0.4, -0.2) is 9.91 Å². The van der Waals surface area contributed by atoms with Gasteiger partial charge in [-0.1, -0.05) is 17.7 Å². The number of nitrogens with zero attached hydrogens (tertiary/aromatic N) is 2. The van der Waals surface area contributed by atoms with Gasteiger partial charge in [0.15, 0.2) is 0 Å². The van der Waals surface area contributed by atoms with Crippen LogP contribution in [0, 0.1) is 22.9 Å². The molecule has 0 atom stereocenters. The van der Waals surface area contributed by atoms with Gasteiger partial charge in [0.1, 0.15) is 11.0 Å². The molecule has 5 nitrogen and oxygen atoms in total. The van der Waals surface area contributed by atoms with E-state index in [-0.39, 0.29) is 22.3 Å². The number of hydrogen-bond acceptors (Lipinski definition) is 4. The molecule has 0 bridgehead atoms. The molecule has 0 aliphatic rings. The predicted molar refractivity (Wildman–Crippen MR) is 70.3 cm³/mol. The molecule has 0 radical (unpaired) electrons. The lowest BCUT2D eigenvalue weighted by Crippen LogP contribution is -2.01. The fourth-order valence-electron chi connectivity index (χ4n) is 1.53. The molecular formula is C12H9ClFN3O2. The molecule has 1 aromatic heterocycles. The maximum Gasteiger partial charge on any atom is 0.311 e. The van der Waals surface area contributed by atoms with Crippen LogP contribution in [0.3, 0.4) is 0 Å². The van der Waals surface area contributed by atoms with Crippen LogP contribution < -0.4 is 5.32 Å². The number of aryl methyl sites for hydroxylation is 1. The lowest BCUT2D eigenvalue weighted by atomic mass is 10.2. The Labute approximate surface area is 113 Å². The molecule has 2 aromatic rings. The highest BCUT2D eigenvalue weighted by Gasteiger charge is 2.17.